The summed E-state index contributed by atoms with van der Waals surface area (Å²) >= 11 is 0. The molecule has 0 saturated carbocycles. The van der Waals surface area contributed by atoms with Gasteiger partial charge in [-0.15, -0.1) is 0 Å². The molecule has 19 heavy (non-hydrogen) atoms. The van der Waals surface area contributed by atoms with Crippen molar-refractivity contribution in [1.82, 2.24) is 10.3 Å². The molecule has 108 valence electrons. The minimum Gasteiger partial charge on any atom is -0.471 e. The summed E-state index contributed by atoms with van der Waals surface area (Å²) in [6.07, 6.45) is 2.06. The van der Waals surface area contributed by atoms with Crippen molar-refractivity contribution < 1.29 is 9.13 Å². The highest BCUT2D eigenvalue weighted by Crippen LogP contribution is 2.23. The molecule has 0 radical (unpaired) electrons. The number of halogens is 1. The maximum absolute atomic E-state index is 13.3. The Balaban J connectivity index is 2.92. The standard InChI is InChI=1S/C15H25FN2O/c1-7-15(5,6)19-13-11(8-12(16)10-17-13)9-18-14(2,3)4/h8,10,18H,7,9H2,1-6H3. The fourth-order valence-electron chi connectivity index (χ4n) is 1.38. The van der Waals surface area contributed by atoms with E-state index in [1.807, 2.05) is 13.8 Å². The first-order chi connectivity index (χ1) is 8.63. The van der Waals surface area contributed by atoms with E-state index in [4.69, 9.17) is 4.74 Å². The van der Waals surface area contributed by atoms with Crippen LogP contribution >= 0.6 is 0 Å². The van der Waals surface area contributed by atoms with Crippen LogP contribution in [0.1, 0.15) is 53.5 Å². The van der Waals surface area contributed by atoms with Gasteiger partial charge in [0.15, 0.2) is 0 Å². The van der Waals surface area contributed by atoms with Crippen molar-refractivity contribution in [2.24, 2.45) is 0 Å². The van der Waals surface area contributed by atoms with Crippen LogP contribution in [0.15, 0.2) is 12.3 Å². The van der Waals surface area contributed by atoms with Crippen LogP contribution in [0.3, 0.4) is 0 Å². The average molecular weight is 268 g/mol. The van der Waals surface area contributed by atoms with Gasteiger partial charge in [-0.2, -0.15) is 0 Å². The van der Waals surface area contributed by atoms with Gasteiger partial charge in [0.2, 0.25) is 5.88 Å². The molecule has 1 N–H and O–H groups in total. The van der Waals surface area contributed by atoms with Crippen LogP contribution in [0.5, 0.6) is 5.88 Å². The lowest BCUT2D eigenvalue weighted by molar-refractivity contribution is 0.0969. The molecule has 1 rings (SSSR count). The van der Waals surface area contributed by atoms with E-state index < -0.39 is 0 Å². The number of aromatic nitrogens is 1. The van der Waals surface area contributed by atoms with Gasteiger partial charge < -0.3 is 10.1 Å². The molecule has 0 aliphatic rings. The van der Waals surface area contributed by atoms with E-state index in [2.05, 4.69) is 38.0 Å². The molecule has 0 saturated heterocycles. The van der Waals surface area contributed by atoms with Gasteiger partial charge in [-0.1, -0.05) is 6.92 Å². The van der Waals surface area contributed by atoms with E-state index in [0.717, 1.165) is 12.0 Å². The number of pyridine rings is 1. The number of hydrogen-bond donors (Lipinski definition) is 1. The van der Waals surface area contributed by atoms with Crippen LogP contribution in [-0.2, 0) is 6.54 Å². The highest BCUT2D eigenvalue weighted by molar-refractivity contribution is 5.26. The molecular formula is C15H25FN2O. The Morgan fingerprint density at radius 2 is 1.89 bits per heavy atom. The predicted octanol–water partition coefficient (Wildman–Crippen LogP) is 3.68. The summed E-state index contributed by atoms with van der Waals surface area (Å²) in [4.78, 5) is 4.07. The molecule has 4 heteroatoms. The van der Waals surface area contributed by atoms with Crippen molar-refractivity contribution in [2.75, 3.05) is 0 Å². The van der Waals surface area contributed by atoms with Gasteiger partial charge in [-0.25, -0.2) is 9.37 Å². The first-order valence-electron chi connectivity index (χ1n) is 6.71. The largest absolute Gasteiger partial charge is 0.471 e. The average Bonchev–Trinajstić information content (AvgIpc) is 2.28. The van der Waals surface area contributed by atoms with E-state index in [1.54, 1.807) is 0 Å². The summed E-state index contributed by atoms with van der Waals surface area (Å²) in [5.41, 5.74) is 0.405. The zero-order valence-corrected chi connectivity index (χ0v) is 12.8. The quantitative estimate of drug-likeness (QED) is 0.884. The molecule has 0 aliphatic carbocycles. The molecule has 1 heterocycles. The van der Waals surface area contributed by atoms with Gasteiger partial charge in [0.05, 0.1) is 6.20 Å². The molecule has 0 unspecified atom stereocenters. The Hall–Kier alpha value is -1.16. The van der Waals surface area contributed by atoms with Crippen molar-refractivity contribution in [2.45, 2.75) is 65.6 Å². The van der Waals surface area contributed by atoms with Crippen LogP contribution in [0.4, 0.5) is 4.39 Å². The van der Waals surface area contributed by atoms with Crippen molar-refractivity contribution >= 4 is 0 Å². The van der Waals surface area contributed by atoms with Crippen molar-refractivity contribution in [3.05, 3.63) is 23.6 Å². The molecule has 1 aromatic rings. The molecule has 0 aromatic carbocycles. The minimum atomic E-state index is -0.340. The number of rotatable bonds is 5. The SMILES string of the molecule is CCC(C)(C)Oc1ncc(F)cc1CNC(C)(C)C. The van der Waals surface area contributed by atoms with Crippen LogP contribution in [0.25, 0.3) is 0 Å². The van der Waals surface area contributed by atoms with Gasteiger partial charge in [0.1, 0.15) is 11.4 Å². The molecule has 1 aromatic heterocycles. The molecular weight excluding hydrogens is 243 g/mol. The van der Waals surface area contributed by atoms with E-state index in [-0.39, 0.29) is 17.0 Å². The highest BCUT2D eigenvalue weighted by atomic mass is 19.1. The minimum absolute atomic E-state index is 0.0378. The van der Waals surface area contributed by atoms with E-state index >= 15 is 0 Å². The fourth-order valence-corrected chi connectivity index (χ4v) is 1.38. The Morgan fingerprint density at radius 3 is 2.42 bits per heavy atom. The third kappa shape index (κ3) is 5.55. The van der Waals surface area contributed by atoms with Crippen LogP contribution < -0.4 is 10.1 Å². The van der Waals surface area contributed by atoms with E-state index in [9.17, 15) is 4.39 Å². The zero-order chi connectivity index (χ0) is 14.7. The molecule has 0 aliphatic heterocycles. The van der Waals surface area contributed by atoms with Crippen LogP contribution in [0, 0.1) is 5.82 Å². The fraction of sp³-hybridized carbons (Fsp3) is 0.667. The van der Waals surface area contributed by atoms with Crippen molar-refractivity contribution in [3.8, 4) is 5.88 Å². The van der Waals surface area contributed by atoms with Gasteiger partial charge in [0, 0.05) is 17.6 Å². The third-order valence-corrected chi connectivity index (χ3v) is 2.93. The van der Waals surface area contributed by atoms with E-state index in [0.29, 0.717) is 12.4 Å². The first-order valence-corrected chi connectivity index (χ1v) is 6.71. The summed E-state index contributed by atoms with van der Waals surface area (Å²) < 4.78 is 19.2. The second-order valence-corrected chi connectivity index (χ2v) is 6.44. The molecule has 0 spiro atoms. The molecule has 0 fully saturated rings. The number of nitrogens with zero attached hydrogens (tertiary/aromatic N) is 1. The summed E-state index contributed by atoms with van der Waals surface area (Å²) in [5.74, 6) is 0.164. The highest BCUT2D eigenvalue weighted by Gasteiger charge is 2.20. The summed E-state index contributed by atoms with van der Waals surface area (Å²) in [7, 11) is 0. The molecule has 3 nitrogen and oxygen atoms in total. The predicted molar refractivity (Wildman–Crippen MR) is 75.8 cm³/mol. The summed E-state index contributed by atoms with van der Waals surface area (Å²) in [6, 6.07) is 1.48. The smallest absolute Gasteiger partial charge is 0.218 e. The Bertz CT molecular complexity index is 425. The monoisotopic (exact) mass is 268 g/mol. The van der Waals surface area contributed by atoms with Gasteiger partial charge in [0.25, 0.3) is 0 Å². The topological polar surface area (TPSA) is 34.1 Å². The lowest BCUT2D eigenvalue weighted by atomic mass is 10.1. The molecule has 0 amide bonds. The second kappa shape index (κ2) is 5.87. The zero-order valence-electron chi connectivity index (χ0n) is 12.8. The molecule has 0 bridgehead atoms. The third-order valence-electron chi connectivity index (χ3n) is 2.93. The Labute approximate surface area is 115 Å². The summed E-state index contributed by atoms with van der Waals surface area (Å²) in [6.45, 7) is 12.8. The second-order valence-electron chi connectivity index (χ2n) is 6.44. The van der Waals surface area contributed by atoms with E-state index in [1.165, 1.54) is 12.3 Å². The van der Waals surface area contributed by atoms with Crippen LogP contribution in [-0.4, -0.2) is 16.1 Å². The lowest BCUT2D eigenvalue weighted by Crippen LogP contribution is -2.35. The lowest BCUT2D eigenvalue weighted by Gasteiger charge is -2.26. The Morgan fingerprint density at radius 1 is 1.26 bits per heavy atom. The number of ether oxygens (including phenoxy) is 1. The van der Waals surface area contributed by atoms with Crippen LogP contribution in [0.2, 0.25) is 0 Å². The first kappa shape index (κ1) is 15.9. The normalized spacial score (nSPS) is 12.6. The maximum Gasteiger partial charge on any atom is 0.218 e. The van der Waals surface area contributed by atoms with Gasteiger partial charge in [-0.3, -0.25) is 0 Å². The number of nitrogens with one attached hydrogen (secondary N) is 1. The maximum atomic E-state index is 13.3. The van der Waals surface area contributed by atoms with Crippen molar-refractivity contribution in [3.63, 3.8) is 0 Å². The Kier molecular flexibility index (Phi) is 4.91. The van der Waals surface area contributed by atoms with Crippen molar-refractivity contribution in [1.29, 1.82) is 0 Å². The van der Waals surface area contributed by atoms with Gasteiger partial charge in [-0.05, 0) is 47.1 Å². The molecule has 0 atom stereocenters. The van der Waals surface area contributed by atoms with Gasteiger partial charge >= 0.3 is 0 Å². The number of hydrogen-bond acceptors (Lipinski definition) is 3. The summed E-state index contributed by atoms with van der Waals surface area (Å²) in [5, 5.41) is 3.32.